The Morgan fingerprint density at radius 1 is 0.429 bits per heavy atom. The molecule has 0 fully saturated rings. The number of benzene rings is 7. The van der Waals surface area contributed by atoms with Crippen molar-refractivity contribution in [2.45, 2.75) is 6.92 Å². The van der Waals surface area contributed by atoms with Gasteiger partial charge in [-0.1, -0.05) is 164 Å². The van der Waals surface area contributed by atoms with E-state index in [0.717, 1.165) is 38.9 Å². The zero-order valence-corrected chi connectivity index (χ0v) is 27.2. The van der Waals surface area contributed by atoms with E-state index >= 15 is 0 Å². The average molecular weight is 628 g/mol. The van der Waals surface area contributed by atoms with Gasteiger partial charge in [-0.15, -0.1) is 0 Å². The van der Waals surface area contributed by atoms with E-state index in [9.17, 15) is 0 Å². The van der Waals surface area contributed by atoms with Gasteiger partial charge in [-0.05, 0) is 74.0 Å². The Bertz CT molecular complexity index is 2460. The summed E-state index contributed by atoms with van der Waals surface area (Å²) in [7, 11) is 0. The minimum Gasteiger partial charge on any atom is -0.208 e. The van der Waals surface area contributed by atoms with Crippen LogP contribution in [0.2, 0.25) is 0 Å². The standard InChI is InChI=1S/C46H33N3/c1-3-38-39-24-10-11-25-40(39)41-26-12-13-27-42(41)43(38)28-31(2)34-20-14-21-35(29-34)36-22-15-23-37(30-36)46-48-44(32-16-6-4-7-17-32)47-45(49-46)33-18-8-5-9-19-33/h3-30H,1H2,2H3/b31-28+. The molecule has 0 radical (unpaired) electrons. The Morgan fingerprint density at radius 3 is 1.43 bits per heavy atom. The summed E-state index contributed by atoms with van der Waals surface area (Å²) < 4.78 is 0. The summed E-state index contributed by atoms with van der Waals surface area (Å²) in [5.74, 6) is 1.94. The van der Waals surface area contributed by atoms with Crippen LogP contribution >= 0.6 is 0 Å². The first kappa shape index (κ1) is 29.9. The van der Waals surface area contributed by atoms with Crippen LogP contribution in [0.15, 0.2) is 164 Å². The maximum Gasteiger partial charge on any atom is 0.164 e. The van der Waals surface area contributed by atoms with Crippen molar-refractivity contribution in [3.63, 3.8) is 0 Å². The summed E-state index contributed by atoms with van der Waals surface area (Å²) in [6, 6.07) is 54.6. The molecule has 1 heterocycles. The lowest BCUT2D eigenvalue weighted by Gasteiger charge is -2.14. The highest BCUT2D eigenvalue weighted by Crippen LogP contribution is 2.36. The molecule has 1 aromatic heterocycles. The number of nitrogens with zero attached hydrogens (tertiary/aromatic N) is 3. The van der Waals surface area contributed by atoms with Crippen LogP contribution in [-0.2, 0) is 0 Å². The van der Waals surface area contributed by atoms with E-state index in [1.54, 1.807) is 0 Å². The molecule has 0 aliphatic carbocycles. The monoisotopic (exact) mass is 627 g/mol. The lowest BCUT2D eigenvalue weighted by atomic mass is 9.89. The SMILES string of the molecule is C=Cc1c(/C=C(\C)c2cccc(-c3cccc(-c4nc(-c5ccccc5)nc(-c5ccccc5)n4)c3)c2)c2ccccc2c2ccccc12. The number of rotatable bonds is 7. The van der Waals surface area contributed by atoms with Crippen molar-refractivity contribution >= 4 is 39.3 Å². The minimum atomic E-state index is 0.641. The number of aromatic nitrogens is 3. The zero-order chi connectivity index (χ0) is 33.2. The highest BCUT2D eigenvalue weighted by atomic mass is 15.0. The highest BCUT2D eigenvalue weighted by Gasteiger charge is 2.14. The summed E-state index contributed by atoms with van der Waals surface area (Å²) >= 11 is 0. The van der Waals surface area contributed by atoms with Gasteiger partial charge >= 0.3 is 0 Å². The molecular weight excluding hydrogens is 595 g/mol. The van der Waals surface area contributed by atoms with Gasteiger partial charge in [0.15, 0.2) is 17.5 Å². The summed E-state index contributed by atoms with van der Waals surface area (Å²) in [6.07, 6.45) is 4.30. The Balaban J connectivity index is 1.20. The number of allylic oxidation sites excluding steroid dienone is 1. The van der Waals surface area contributed by atoms with Gasteiger partial charge in [-0.2, -0.15) is 0 Å². The highest BCUT2D eigenvalue weighted by molar-refractivity contribution is 6.15. The molecule has 0 saturated heterocycles. The van der Waals surface area contributed by atoms with Crippen molar-refractivity contribution in [1.29, 1.82) is 0 Å². The summed E-state index contributed by atoms with van der Waals surface area (Å²) in [6.45, 7) is 6.41. The van der Waals surface area contributed by atoms with Crippen molar-refractivity contribution < 1.29 is 0 Å². The van der Waals surface area contributed by atoms with Gasteiger partial charge < -0.3 is 0 Å². The third-order valence-electron chi connectivity index (χ3n) is 9.05. The van der Waals surface area contributed by atoms with Crippen molar-refractivity contribution in [3.05, 3.63) is 181 Å². The minimum absolute atomic E-state index is 0.641. The molecule has 0 bridgehead atoms. The van der Waals surface area contributed by atoms with E-state index in [4.69, 9.17) is 15.0 Å². The summed E-state index contributed by atoms with van der Waals surface area (Å²) in [4.78, 5) is 14.8. The molecule has 0 atom stereocenters. The summed E-state index contributed by atoms with van der Waals surface area (Å²) in [5.41, 5.74) is 9.74. The average Bonchev–Trinajstić information content (AvgIpc) is 3.18. The van der Waals surface area contributed by atoms with Crippen LogP contribution in [0.1, 0.15) is 23.6 Å². The van der Waals surface area contributed by atoms with Crippen LogP contribution in [0.3, 0.4) is 0 Å². The van der Waals surface area contributed by atoms with E-state index in [1.807, 2.05) is 66.7 Å². The second-order valence-electron chi connectivity index (χ2n) is 12.1. The molecule has 0 aliphatic heterocycles. The maximum atomic E-state index is 4.95. The van der Waals surface area contributed by atoms with Gasteiger partial charge in [0.25, 0.3) is 0 Å². The van der Waals surface area contributed by atoms with E-state index in [0.29, 0.717) is 17.5 Å². The third-order valence-corrected chi connectivity index (χ3v) is 9.05. The Hall–Kier alpha value is -6.45. The Kier molecular flexibility index (Phi) is 7.93. The first-order valence-corrected chi connectivity index (χ1v) is 16.5. The predicted octanol–water partition coefficient (Wildman–Crippen LogP) is 12.0. The van der Waals surface area contributed by atoms with Crippen LogP contribution < -0.4 is 0 Å². The molecule has 0 aliphatic rings. The van der Waals surface area contributed by atoms with Crippen molar-refractivity contribution in [1.82, 2.24) is 15.0 Å². The smallest absolute Gasteiger partial charge is 0.164 e. The molecule has 8 rings (SSSR count). The fourth-order valence-electron chi connectivity index (χ4n) is 6.59. The first-order valence-electron chi connectivity index (χ1n) is 16.5. The van der Waals surface area contributed by atoms with Gasteiger partial charge in [-0.25, -0.2) is 15.0 Å². The molecule has 0 saturated carbocycles. The molecule has 0 unspecified atom stereocenters. The van der Waals surface area contributed by atoms with E-state index in [2.05, 4.69) is 117 Å². The third kappa shape index (κ3) is 5.83. The van der Waals surface area contributed by atoms with E-state index in [1.165, 1.54) is 32.7 Å². The van der Waals surface area contributed by atoms with Gasteiger partial charge in [0.05, 0.1) is 0 Å². The molecule has 0 amide bonds. The largest absolute Gasteiger partial charge is 0.208 e. The van der Waals surface area contributed by atoms with Gasteiger partial charge in [0.2, 0.25) is 0 Å². The first-order chi connectivity index (χ1) is 24.2. The van der Waals surface area contributed by atoms with Crippen LogP contribution in [0, 0.1) is 0 Å². The maximum absolute atomic E-state index is 4.95. The number of fused-ring (bicyclic) bond motifs is 3. The normalized spacial score (nSPS) is 11.6. The van der Waals surface area contributed by atoms with E-state index < -0.39 is 0 Å². The van der Waals surface area contributed by atoms with Gasteiger partial charge in [0.1, 0.15) is 0 Å². The molecule has 3 nitrogen and oxygen atoms in total. The van der Waals surface area contributed by atoms with Crippen LogP contribution in [0.5, 0.6) is 0 Å². The fraction of sp³-hybridized carbons (Fsp3) is 0.0217. The number of hydrogen-bond acceptors (Lipinski definition) is 3. The van der Waals surface area contributed by atoms with Gasteiger partial charge in [-0.3, -0.25) is 0 Å². The second-order valence-corrected chi connectivity index (χ2v) is 12.1. The van der Waals surface area contributed by atoms with Crippen LogP contribution in [0.4, 0.5) is 0 Å². The molecule has 49 heavy (non-hydrogen) atoms. The Morgan fingerprint density at radius 2 is 0.857 bits per heavy atom. The van der Waals surface area contributed by atoms with Crippen molar-refractivity contribution in [2.24, 2.45) is 0 Å². The molecule has 0 N–H and O–H groups in total. The summed E-state index contributed by atoms with van der Waals surface area (Å²) in [5, 5.41) is 4.93. The van der Waals surface area contributed by atoms with E-state index in [-0.39, 0.29) is 0 Å². The molecule has 232 valence electrons. The molecule has 7 aromatic carbocycles. The fourth-order valence-corrected chi connectivity index (χ4v) is 6.59. The molecular formula is C46H33N3. The predicted molar refractivity (Wildman–Crippen MR) is 207 cm³/mol. The lowest BCUT2D eigenvalue weighted by molar-refractivity contribution is 1.07. The van der Waals surface area contributed by atoms with Crippen LogP contribution in [0.25, 0.3) is 84.6 Å². The molecule has 8 aromatic rings. The van der Waals surface area contributed by atoms with Crippen molar-refractivity contribution in [2.75, 3.05) is 0 Å². The van der Waals surface area contributed by atoms with Gasteiger partial charge in [0, 0.05) is 16.7 Å². The number of hydrogen-bond donors (Lipinski definition) is 0. The Labute approximate surface area is 286 Å². The topological polar surface area (TPSA) is 38.7 Å². The zero-order valence-electron chi connectivity index (χ0n) is 27.2. The van der Waals surface area contributed by atoms with Crippen LogP contribution in [-0.4, -0.2) is 15.0 Å². The lowest BCUT2D eigenvalue weighted by Crippen LogP contribution is -2.00. The van der Waals surface area contributed by atoms with Crippen molar-refractivity contribution in [3.8, 4) is 45.3 Å². The second kappa shape index (κ2) is 13.0. The molecule has 0 spiro atoms. The molecule has 3 heteroatoms. The quantitative estimate of drug-likeness (QED) is 0.130.